The first-order chi connectivity index (χ1) is 7.95. The first kappa shape index (κ1) is 13.7. The van der Waals surface area contributed by atoms with Crippen molar-refractivity contribution in [2.45, 2.75) is 44.6 Å². The van der Waals surface area contributed by atoms with Crippen molar-refractivity contribution in [2.75, 3.05) is 0 Å². The Hall–Kier alpha value is -1.39. The molecular weight excluding hydrogens is 240 g/mol. The van der Waals surface area contributed by atoms with Gasteiger partial charge in [0, 0.05) is 0 Å². The molecule has 2 N–H and O–H groups in total. The first-order valence-electron chi connectivity index (χ1n) is 5.44. The third kappa shape index (κ3) is 2.84. The Morgan fingerprint density at radius 2 is 2.06 bits per heavy atom. The second kappa shape index (κ2) is 5.29. The highest BCUT2D eigenvalue weighted by molar-refractivity contribution is 7.89. The molecule has 0 aliphatic rings. The molecular formula is C10H16N4O2S. The van der Waals surface area contributed by atoms with Crippen molar-refractivity contribution >= 4 is 10.0 Å². The van der Waals surface area contributed by atoms with Gasteiger partial charge in [0.05, 0.1) is 30.4 Å². The van der Waals surface area contributed by atoms with Crippen molar-refractivity contribution in [3.63, 3.8) is 0 Å². The predicted molar refractivity (Wildman–Crippen MR) is 62.6 cm³/mol. The number of rotatable bonds is 5. The number of hydrogen-bond acceptors (Lipinski definition) is 4. The standard InChI is InChI=1S/C10H16N4O2S/c1-3-8-10(17(12,15)16)9(4-2)14(13-8)7-5-6-11/h3-5,7H2,1-2H3,(H2,12,15,16). The van der Waals surface area contributed by atoms with Crippen LogP contribution in [0.4, 0.5) is 0 Å². The number of aryl methyl sites for hydroxylation is 2. The van der Waals surface area contributed by atoms with Gasteiger partial charge in [0.1, 0.15) is 4.90 Å². The summed E-state index contributed by atoms with van der Waals surface area (Å²) in [6, 6.07) is 2.01. The Morgan fingerprint density at radius 3 is 2.47 bits per heavy atom. The van der Waals surface area contributed by atoms with Crippen LogP contribution in [-0.2, 0) is 29.4 Å². The Balaban J connectivity index is 3.37. The van der Waals surface area contributed by atoms with Crippen LogP contribution in [0.2, 0.25) is 0 Å². The van der Waals surface area contributed by atoms with Crippen LogP contribution in [0.3, 0.4) is 0 Å². The summed E-state index contributed by atoms with van der Waals surface area (Å²) in [5, 5.41) is 18.0. The van der Waals surface area contributed by atoms with Gasteiger partial charge in [0.15, 0.2) is 0 Å². The summed E-state index contributed by atoms with van der Waals surface area (Å²) in [5.74, 6) is 0. The average molecular weight is 256 g/mol. The van der Waals surface area contributed by atoms with Crippen LogP contribution < -0.4 is 5.14 Å². The molecule has 1 heterocycles. The Labute approximate surface area is 101 Å². The van der Waals surface area contributed by atoms with Gasteiger partial charge in [-0.2, -0.15) is 10.4 Å². The third-order valence-electron chi connectivity index (χ3n) is 2.47. The van der Waals surface area contributed by atoms with Crippen LogP contribution in [-0.4, -0.2) is 18.2 Å². The molecule has 0 aliphatic heterocycles. The smallest absolute Gasteiger partial charge is 0.241 e. The highest BCUT2D eigenvalue weighted by Gasteiger charge is 2.23. The van der Waals surface area contributed by atoms with Gasteiger partial charge in [0.2, 0.25) is 10.0 Å². The van der Waals surface area contributed by atoms with Crippen molar-refractivity contribution in [1.82, 2.24) is 9.78 Å². The third-order valence-corrected chi connectivity index (χ3v) is 3.51. The lowest BCUT2D eigenvalue weighted by atomic mass is 10.2. The van der Waals surface area contributed by atoms with E-state index < -0.39 is 10.0 Å². The summed E-state index contributed by atoms with van der Waals surface area (Å²) in [5.41, 5.74) is 1.06. The molecule has 1 aromatic rings. The normalized spacial score (nSPS) is 11.4. The van der Waals surface area contributed by atoms with E-state index >= 15 is 0 Å². The summed E-state index contributed by atoms with van der Waals surface area (Å²) in [6.45, 7) is 4.06. The second-order valence-electron chi connectivity index (χ2n) is 3.61. The summed E-state index contributed by atoms with van der Waals surface area (Å²) < 4.78 is 24.6. The van der Waals surface area contributed by atoms with Crippen LogP contribution in [0.15, 0.2) is 4.90 Å². The van der Waals surface area contributed by atoms with E-state index in [1.807, 2.05) is 19.9 Å². The van der Waals surface area contributed by atoms with E-state index in [1.54, 1.807) is 4.68 Å². The fraction of sp³-hybridized carbons (Fsp3) is 0.600. The molecule has 0 radical (unpaired) electrons. The fourth-order valence-electron chi connectivity index (χ4n) is 1.78. The highest BCUT2D eigenvalue weighted by atomic mass is 32.2. The maximum Gasteiger partial charge on any atom is 0.241 e. The maximum absolute atomic E-state index is 11.5. The molecule has 1 aromatic heterocycles. The number of primary sulfonamides is 1. The van der Waals surface area contributed by atoms with Crippen molar-refractivity contribution < 1.29 is 8.42 Å². The average Bonchev–Trinajstić information content (AvgIpc) is 2.63. The van der Waals surface area contributed by atoms with Crippen LogP contribution in [0.25, 0.3) is 0 Å². The SMILES string of the molecule is CCc1nn(CCC#N)c(CC)c1S(N)(=O)=O. The summed E-state index contributed by atoms with van der Waals surface area (Å²) in [6.07, 6.45) is 1.31. The van der Waals surface area contributed by atoms with E-state index in [0.717, 1.165) is 0 Å². The molecule has 94 valence electrons. The quantitative estimate of drug-likeness (QED) is 0.831. The van der Waals surface area contributed by atoms with E-state index in [1.165, 1.54) is 0 Å². The van der Waals surface area contributed by atoms with Crippen LogP contribution in [0, 0.1) is 11.3 Å². The zero-order valence-corrected chi connectivity index (χ0v) is 10.8. The topological polar surface area (TPSA) is 102 Å². The Kier molecular flexibility index (Phi) is 4.26. The molecule has 0 amide bonds. The van der Waals surface area contributed by atoms with E-state index in [4.69, 9.17) is 10.4 Å². The molecule has 6 nitrogen and oxygen atoms in total. The molecule has 0 aliphatic carbocycles. The number of sulfonamides is 1. The number of hydrogen-bond donors (Lipinski definition) is 1. The minimum Gasteiger partial charge on any atom is -0.267 e. The summed E-state index contributed by atoms with van der Waals surface area (Å²) in [7, 11) is -3.76. The van der Waals surface area contributed by atoms with Crippen molar-refractivity contribution in [3.05, 3.63) is 11.4 Å². The monoisotopic (exact) mass is 256 g/mol. The lowest BCUT2D eigenvalue weighted by molar-refractivity contribution is 0.583. The summed E-state index contributed by atoms with van der Waals surface area (Å²) >= 11 is 0. The zero-order chi connectivity index (χ0) is 13.1. The highest BCUT2D eigenvalue weighted by Crippen LogP contribution is 2.20. The molecule has 0 unspecified atom stereocenters. The molecule has 0 atom stereocenters. The van der Waals surface area contributed by atoms with E-state index in [9.17, 15) is 8.42 Å². The van der Waals surface area contributed by atoms with E-state index in [2.05, 4.69) is 5.10 Å². The molecule has 0 fully saturated rings. The van der Waals surface area contributed by atoms with Crippen molar-refractivity contribution in [3.8, 4) is 6.07 Å². The van der Waals surface area contributed by atoms with Gasteiger partial charge in [-0.3, -0.25) is 4.68 Å². The van der Waals surface area contributed by atoms with Crippen LogP contribution in [0.5, 0.6) is 0 Å². The molecule has 0 bridgehead atoms. The number of nitrogens with zero attached hydrogens (tertiary/aromatic N) is 3. The van der Waals surface area contributed by atoms with E-state index in [-0.39, 0.29) is 4.90 Å². The van der Waals surface area contributed by atoms with Gasteiger partial charge in [-0.1, -0.05) is 13.8 Å². The molecule has 1 rings (SSSR count). The minimum absolute atomic E-state index is 0.125. The largest absolute Gasteiger partial charge is 0.267 e. The number of aromatic nitrogens is 2. The lowest BCUT2D eigenvalue weighted by Gasteiger charge is -2.04. The van der Waals surface area contributed by atoms with Gasteiger partial charge in [-0.05, 0) is 12.8 Å². The van der Waals surface area contributed by atoms with Gasteiger partial charge >= 0.3 is 0 Å². The van der Waals surface area contributed by atoms with Crippen molar-refractivity contribution in [1.29, 1.82) is 5.26 Å². The molecule has 0 saturated heterocycles. The Bertz CT molecular complexity index is 539. The minimum atomic E-state index is -3.76. The molecule has 0 aromatic carbocycles. The first-order valence-corrected chi connectivity index (χ1v) is 6.98. The molecule has 0 saturated carbocycles. The van der Waals surface area contributed by atoms with Gasteiger partial charge < -0.3 is 0 Å². The molecule has 0 spiro atoms. The van der Waals surface area contributed by atoms with Crippen LogP contribution >= 0.6 is 0 Å². The molecule has 7 heteroatoms. The van der Waals surface area contributed by atoms with Gasteiger partial charge in [-0.25, -0.2) is 13.6 Å². The predicted octanol–water partition coefficient (Wildman–Crippen LogP) is 0.569. The Morgan fingerprint density at radius 1 is 1.41 bits per heavy atom. The number of nitriles is 1. The van der Waals surface area contributed by atoms with Gasteiger partial charge in [0.25, 0.3) is 0 Å². The zero-order valence-electron chi connectivity index (χ0n) is 9.97. The van der Waals surface area contributed by atoms with Crippen molar-refractivity contribution in [2.24, 2.45) is 5.14 Å². The summed E-state index contributed by atoms with van der Waals surface area (Å²) in [4.78, 5) is 0.125. The lowest BCUT2D eigenvalue weighted by Crippen LogP contribution is -2.16. The van der Waals surface area contributed by atoms with Gasteiger partial charge in [-0.15, -0.1) is 0 Å². The number of nitrogens with two attached hydrogens (primary N) is 1. The fourth-order valence-corrected chi connectivity index (χ4v) is 2.87. The maximum atomic E-state index is 11.5. The second-order valence-corrected chi connectivity index (χ2v) is 5.10. The molecule has 17 heavy (non-hydrogen) atoms. The van der Waals surface area contributed by atoms with E-state index in [0.29, 0.717) is 37.2 Å². The van der Waals surface area contributed by atoms with Crippen LogP contribution in [0.1, 0.15) is 31.7 Å².